The van der Waals surface area contributed by atoms with Crippen LogP contribution in [0.3, 0.4) is 0 Å². The van der Waals surface area contributed by atoms with Crippen molar-refractivity contribution in [2.45, 2.75) is 45.1 Å². The number of hydrogen-bond donors (Lipinski definition) is 1. The van der Waals surface area contributed by atoms with Gasteiger partial charge in [-0.05, 0) is 63.9 Å². The van der Waals surface area contributed by atoms with Crippen molar-refractivity contribution in [2.75, 3.05) is 33.7 Å². The molecule has 5 heteroatoms. The number of nitrogens with one attached hydrogen (secondary N) is 1. The molecule has 138 valence electrons. The van der Waals surface area contributed by atoms with Crippen molar-refractivity contribution in [1.82, 2.24) is 15.1 Å². The second kappa shape index (κ2) is 8.48. The lowest BCUT2D eigenvalue weighted by Crippen LogP contribution is -2.50. The van der Waals surface area contributed by atoms with Gasteiger partial charge in [0.15, 0.2) is 0 Å². The summed E-state index contributed by atoms with van der Waals surface area (Å²) in [6.45, 7) is 7.32. The molecular weight excluding hydrogens is 314 g/mol. The Morgan fingerprint density at radius 3 is 2.28 bits per heavy atom. The molecule has 25 heavy (non-hydrogen) atoms. The lowest BCUT2D eigenvalue weighted by molar-refractivity contribution is -0.121. The molecule has 1 aliphatic heterocycles. The molecule has 2 amide bonds. The number of aryl methyl sites for hydroxylation is 1. The van der Waals surface area contributed by atoms with Gasteiger partial charge in [-0.1, -0.05) is 12.1 Å². The van der Waals surface area contributed by atoms with Crippen LogP contribution in [0.2, 0.25) is 0 Å². The summed E-state index contributed by atoms with van der Waals surface area (Å²) in [6.07, 6.45) is 3.66. The van der Waals surface area contributed by atoms with Crippen molar-refractivity contribution in [3.05, 3.63) is 35.4 Å². The van der Waals surface area contributed by atoms with Gasteiger partial charge in [-0.15, -0.1) is 0 Å². The van der Waals surface area contributed by atoms with Crippen LogP contribution >= 0.6 is 0 Å². The lowest BCUT2D eigenvalue weighted by Gasteiger charge is -2.35. The van der Waals surface area contributed by atoms with Crippen molar-refractivity contribution in [3.63, 3.8) is 0 Å². The molecule has 2 rings (SSSR count). The Morgan fingerprint density at radius 1 is 1.12 bits per heavy atom. The maximum absolute atomic E-state index is 12.2. The number of carbonyl (C=O) groups is 2. The zero-order valence-corrected chi connectivity index (χ0v) is 16.0. The van der Waals surface area contributed by atoms with Gasteiger partial charge in [0.2, 0.25) is 5.91 Å². The molecule has 0 saturated carbocycles. The topological polar surface area (TPSA) is 52.7 Å². The van der Waals surface area contributed by atoms with Crippen LogP contribution in [-0.4, -0.2) is 60.9 Å². The molecule has 0 unspecified atom stereocenters. The molecule has 1 N–H and O–H groups in total. The molecule has 0 aromatic heterocycles. The van der Waals surface area contributed by atoms with Crippen LogP contribution in [0, 0.1) is 0 Å². The van der Waals surface area contributed by atoms with Gasteiger partial charge in [-0.3, -0.25) is 14.5 Å². The molecule has 0 spiro atoms. The monoisotopic (exact) mass is 345 g/mol. The number of likely N-dealkylation sites (tertiary alicyclic amines) is 1. The number of nitrogens with zero attached hydrogens (tertiary/aromatic N) is 2. The molecule has 0 bridgehead atoms. The quantitative estimate of drug-likeness (QED) is 0.825. The molecule has 1 saturated heterocycles. The van der Waals surface area contributed by atoms with Gasteiger partial charge in [0.25, 0.3) is 5.91 Å². The Bertz CT molecular complexity index is 587. The maximum atomic E-state index is 12.2. The van der Waals surface area contributed by atoms with Crippen molar-refractivity contribution < 1.29 is 9.59 Å². The van der Waals surface area contributed by atoms with Crippen molar-refractivity contribution >= 4 is 11.8 Å². The van der Waals surface area contributed by atoms with Gasteiger partial charge >= 0.3 is 0 Å². The Labute approximate surface area is 151 Å². The summed E-state index contributed by atoms with van der Waals surface area (Å²) in [4.78, 5) is 28.0. The molecule has 0 aliphatic carbocycles. The maximum Gasteiger partial charge on any atom is 0.253 e. The highest BCUT2D eigenvalue weighted by Gasteiger charge is 2.29. The van der Waals surface area contributed by atoms with Crippen LogP contribution in [0.25, 0.3) is 0 Å². The first-order chi connectivity index (χ1) is 11.8. The van der Waals surface area contributed by atoms with E-state index < -0.39 is 0 Å². The Balaban J connectivity index is 1.77. The molecule has 1 aromatic carbocycles. The number of rotatable bonds is 7. The van der Waals surface area contributed by atoms with Gasteiger partial charge in [-0.2, -0.15) is 0 Å². The number of benzene rings is 1. The first-order valence-electron chi connectivity index (χ1n) is 9.12. The van der Waals surface area contributed by atoms with E-state index in [2.05, 4.69) is 24.1 Å². The van der Waals surface area contributed by atoms with E-state index in [1.54, 1.807) is 19.0 Å². The normalized spacial score (nSPS) is 15.2. The average molecular weight is 345 g/mol. The minimum Gasteiger partial charge on any atom is -0.354 e. The molecule has 1 fully saturated rings. The number of hydrogen-bond acceptors (Lipinski definition) is 3. The largest absolute Gasteiger partial charge is 0.354 e. The Hall–Kier alpha value is -1.88. The third-order valence-electron chi connectivity index (χ3n) is 4.93. The third kappa shape index (κ3) is 5.56. The second-order valence-electron chi connectivity index (χ2n) is 7.68. The third-order valence-corrected chi connectivity index (χ3v) is 4.93. The molecule has 0 atom stereocenters. The molecule has 1 aromatic rings. The summed E-state index contributed by atoms with van der Waals surface area (Å²) < 4.78 is 0. The van der Waals surface area contributed by atoms with Crippen LogP contribution in [-0.2, 0) is 11.2 Å². The number of carbonyl (C=O) groups excluding carboxylic acids is 2. The smallest absolute Gasteiger partial charge is 0.253 e. The predicted molar refractivity (Wildman–Crippen MR) is 101 cm³/mol. The van der Waals surface area contributed by atoms with Crippen LogP contribution in [0.4, 0.5) is 0 Å². The first kappa shape index (κ1) is 19.4. The summed E-state index contributed by atoms with van der Waals surface area (Å²) in [5.41, 5.74) is 1.76. The predicted octanol–water partition coefficient (Wildman–Crippen LogP) is 2.31. The van der Waals surface area contributed by atoms with Crippen LogP contribution in [0.15, 0.2) is 24.3 Å². The molecule has 1 heterocycles. The minimum atomic E-state index is -0.00608. The van der Waals surface area contributed by atoms with E-state index in [1.807, 2.05) is 24.3 Å². The molecule has 1 aliphatic rings. The number of amides is 2. The van der Waals surface area contributed by atoms with Crippen LogP contribution in [0.1, 0.15) is 49.0 Å². The standard InChI is InChI=1S/C20H31N3O2/c1-20(2,23-13-5-6-14-23)15-21-18(24)12-9-16-7-10-17(11-8-16)19(25)22(3)4/h7-8,10-11H,5-6,9,12-15H2,1-4H3,(H,21,24). The summed E-state index contributed by atoms with van der Waals surface area (Å²) in [5, 5.41) is 3.07. The van der Waals surface area contributed by atoms with Crippen LogP contribution < -0.4 is 5.32 Å². The molecule has 5 nitrogen and oxygen atoms in total. The molecular formula is C20H31N3O2. The van der Waals surface area contributed by atoms with E-state index in [4.69, 9.17) is 0 Å². The van der Waals surface area contributed by atoms with E-state index in [0.29, 0.717) is 24.9 Å². The van der Waals surface area contributed by atoms with Gasteiger partial charge in [0, 0.05) is 38.2 Å². The SMILES string of the molecule is CN(C)C(=O)c1ccc(CCC(=O)NCC(C)(C)N2CCCC2)cc1. The van der Waals surface area contributed by atoms with Crippen molar-refractivity contribution in [1.29, 1.82) is 0 Å². The summed E-state index contributed by atoms with van der Waals surface area (Å²) >= 11 is 0. The summed E-state index contributed by atoms with van der Waals surface area (Å²) in [5.74, 6) is 0.0779. The second-order valence-corrected chi connectivity index (χ2v) is 7.68. The van der Waals surface area contributed by atoms with Gasteiger partial charge in [0.1, 0.15) is 0 Å². The average Bonchev–Trinajstić information content (AvgIpc) is 3.13. The van der Waals surface area contributed by atoms with E-state index in [0.717, 1.165) is 18.7 Å². The summed E-state index contributed by atoms with van der Waals surface area (Å²) in [7, 11) is 3.48. The van der Waals surface area contributed by atoms with E-state index in [-0.39, 0.29) is 17.4 Å². The van der Waals surface area contributed by atoms with Gasteiger partial charge in [0.05, 0.1) is 0 Å². The van der Waals surface area contributed by atoms with Crippen molar-refractivity contribution in [2.24, 2.45) is 0 Å². The van der Waals surface area contributed by atoms with Crippen LogP contribution in [0.5, 0.6) is 0 Å². The highest BCUT2D eigenvalue weighted by Crippen LogP contribution is 2.20. The zero-order valence-electron chi connectivity index (χ0n) is 16.0. The highest BCUT2D eigenvalue weighted by atomic mass is 16.2. The summed E-state index contributed by atoms with van der Waals surface area (Å²) in [6, 6.07) is 7.51. The fourth-order valence-electron chi connectivity index (χ4n) is 3.17. The van der Waals surface area contributed by atoms with Crippen molar-refractivity contribution in [3.8, 4) is 0 Å². The Morgan fingerprint density at radius 2 is 1.72 bits per heavy atom. The Kier molecular flexibility index (Phi) is 6.59. The first-order valence-corrected chi connectivity index (χ1v) is 9.12. The zero-order chi connectivity index (χ0) is 18.4. The molecule has 0 radical (unpaired) electrons. The van der Waals surface area contributed by atoms with Gasteiger partial charge < -0.3 is 10.2 Å². The fraction of sp³-hybridized carbons (Fsp3) is 0.600. The fourth-order valence-corrected chi connectivity index (χ4v) is 3.17. The van der Waals surface area contributed by atoms with E-state index in [1.165, 1.54) is 12.8 Å². The van der Waals surface area contributed by atoms with E-state index in [9.17, 15) is 9.59 Å². The van der Waals surface area contributed by atoms with E-state index >= 15 is 0 Å². The highest BCUT2D eigenvalue weighted by molar-refractivity contribution is 5.93. The van der Waals surface area contributed by atoms with Gasteiger partial charge in [-0.25, -0.2) is 0 Å². The lowest BCUT2D eigenvalue weighted by atomic mass is 10.0. The minimum absolute atomic E-state index is 0.00608.